The molecule has 3 rings (SSSR count). The Kier molecular flexibility index (Phi) is 5.83. The molecule has 0 aliphatic carbocycles. The van der Waals surface area contributed by atoms with Crippen molar-refractivity contribution in [2.45, 2.75) is 19.4 Å². The molecule has 1 unspecified atom stereocenters. The zero-order valence-corrected chi connectivity index (χ0v) is 15.1. The number of nitrogens with zero attached hydrogens (tertiary/aromatic N) is 1. The molecule has 5 nitrogen and oxygen atoms in total. The average Bonchev–Trinajstić information content (AvgIpc) is 3.21. The van der Waals surface area contributed by atoms with Crippen molar-refractivity contribution in [3.63, 3.8) is 0 Å². The Bertz CT molecular complexity index is 713. The highest BCUT2D eigenvalue weighted by molar-refractivity contribution is 7.12. The van der Waals surface area contributed by atoms with Crippen molar-refractivity contribution in [2.75, 3.05) is 26.2 Å². The Hall–Kier alpha value is -2.18. The number of aryl methyl sites for hydroxylation is 1. The van der Waals surface area contributed by atoms with Crippen molar-refractivity contribution in [3.8, 4) is 0 Å². The maximum Gasteiger partial charge on any atom is 0.261 e. The molecule has 1 aliphatic rings. The van der Waals surface area contributed by atoms with Crippen LogP contribution in [0.3, 0.4) is 0 Å². The number of nitrogens with one attached hydrogen (secondary N) is 2. The summed E-state index contributed by atoms with van der Waals surface area (Å²) in [4.78, 5) is 27.2. The van der Waals surface area contributed by atoms with Crippen LogP contribution in [0.15, 0.2) is 41.8 Å². The first-order valence-corrected chi connectivity index (χ1v) is 9.47. The van der Waals surface area contributed by atoms with E-state index in [9.17, 15) is 9.59 Å². The van der Waals surface area contributed by atoms with Gasteiger partial charge in [0.15, 0.2) is 0 Å². The lowest BCUT2D eigenvalue weighted by Crippen LogP contribution is -2.51. The van der Waals surface area contributed by atoms with Gasteiger partial charge in [-0.2, -0.15) is 0 Å². The predicted molar refractivity (Wildman–Crippen MR) is 99.8 cm³/mol. The molecule has 2 amide bonds. The van der Waals surface area contributed by atoms with E-state index in [1.807, 2.05) is 16.3 Å². The van der Waals surface area contributed by atoms with Crippen molar-refractivity contribution in [1.29, 1.82) is 0 Å². The lowest BCUT2D eigenvalue weighted by Gasteiger charge is -2.36. The molecule has 1 aromatic carbocycles. The number of thiophene rings is 1. The number of rotatable bonds is 5. The van der Waals surface area contributed by atoms with Gasteiger partial charge in [-0.1, -0.05) is 37.3 Å². The molecule has 0 bridgehead atoms. The second kappa shape index (κ2) is 8.27. The molecule has 0 radical (unpaired) electrons. The van der Waals surface area contributed by atoms with E-state index in [4.69, 9.17) is 0 Å². The van der Waals surface area contributed by atoms with Crippen LogP contribution < -0.4 is 10.6 Å². The quantitative estimate of drug-likeness (QED) is 0.862. The molecular formula is C19H23N3O2S. The van der Waals surface area contributed by atoms with Gasteiger partial charge >= 0.3 is 0 Å². The topological polar surface area (TPSA) is 61.4 Å². The van der Waals surface area contributed by atoms with Crippen LogP contribution in [0.1, 0.15) is 33.8 Å². The van der Waals surface area contributed by atoms with Gasteiger partial charge in [0.25, 0.3) is 5.91 Å². The van der Waals surface area contributed by atoms with Crippen LogP contribution in [0.25, 0.3) is 0 Å². The van der Waals surface area contributed by atoms with Gasteiger partial charge < -0.3 is 15.5 Å². The molecule has 1 saturated heterocycles. The molecule has 1 aliphatic heterocycles. The summed E-state index contributed by atoms with van der Waals surface area (Å²) >= 11 is 1.37. The van der Waals surface area contributed by atoms with Gasteiger partial charge in [0, 0.05) is 19.6 Å². The van der Waals surface area contributed by atoms with Gasteiger partial charge in [0.2, 0.25) is 5.91 Å². The lowest BCUT2D eigenvalue weighted by molar-refractivity contribution is -0.133. The van der Waals surface area contributed by atoms with E-state index in [-0.39, 0.29) is 24.4 Å². The summed E-state index contributed by atoms with van der Waals surface area (Å²) in [6.07, 6.45) is 1.00. The fourth-order valence-corrected chi connectivity index (χ4v) is 3.67. The van der Waals surface area contributed by atoms with Crippen LogP contribution in [-0.2, 0) is 11.2 Å². The van der Waals surface area contributed by atoms with E-state index in [2.05, 4.69) is 41.8 Å². The number of piperazine rings is 1. The molecule has 0 saturated carbocycles. The summed E-state index contributed by atoms with van der Waals surface area (Å²) in [5, 5.41) is 7.94. The van der Waals surface area contributed by atoms with Gasteiger partial charge in [-0.3, -0.25) is 9.59 Å². The van der Waals surface area contributed by atoms with Gasteiger partial charge in [0.05, 0.1) is 17.5 Å². The minimum atomic E-state index is -0.192. The van der Waals surface area contributed by atoms with Crippen LogP contribution >= 0.6 is 11.3 Å². The summed E-state index contributed by atoms with van der Waals surface area (Å²) in [5.74, 6) is -0.238. The van der Waals surface area contributed by atoms with Crippen molar-refractivity contribution >= 4 is 23.2 Å². The minimum Gasteiger partial charge on any atom is -0.342 e. The summed E-state index contributed by atoms with van der Waals surface area (Å²) < 4.78 is 0. The van der Waals surface area contributed by atoms with E-state index < -0.39 is 0 Å². The molecule has 1 atom stereocenters. The molecule has 6 heteroatoms. The Labute approximate surface area is 152 Å². The highest BCUT2D eigenvalue weighted by Gasteiger charge is 2.27. The Morgan fingerprint density at radius 1 is 1.28 bits per heavy atom. The van der Waals surface area contributed by atoms with Crippen LogP contribution in [0.4, 0.5) is 0 Å². The number of carbonyl (C=O) groups excluding carboxylic acids is 2. The molecule has 2 N–H and O–H groups in total. The molecule has 2 aromatic rings. The molecular weight excluding hydrogens is 334 g/mol. The number of hydrogen-bond donors (Lipinski definition) is 2. The fourth-order valence-electron chi connectivity index (χ4n) is 3.03. The summed E-state index contributed by atoms with van der Waals surface area (Å²) in [6.45, 7) is 4.31. The molecule has 2 heterocycles. The van der Waals surface area contributed by atoms with Crippen molar-refractivity contribution in [2.24, 2.45) is 0 Å². The summed E-state index contributed by atoms with van der Waals surface area (Å²) in [5.41, 5.74) is 2.41. The van der Waals surface area contributed by atoms with Gasteiger partial charge in [-0.25, -0.2) is 0 Å². The molecule has 1 fully saturated rings. The molecule has 0 spiro atoms. The first-order chi connectivity index (χ1) is 12.2. The van der Waals surface area contributed by atoms with Crippen molar-refractivity contribution in [1.82, 2.24) is 15.5 Å². The number of amides is 2. The number of benzene rings is 1. The van der Waals surface area contributed by atoms with E-state index in [1.165, 1.54) is 16.9 Å². The third-order valence-corrected chi connectivity index (χ3v) is 5.35. The molecule has 1 aromatic heterocycles. The van der Waals surface area contributed by atoms with Crippen LogP contribution in [0, 0.1) is 0 Å². The Balaban J connectivity index is 1.65. The first-order valence-electron chi connectivity index (χ1n) is 8.59. The van der Waals surface area contributed by atoms with E-state index in [0.717, 1.165) is 25.1 Å². The maximum absolute atomic E-state index is 12.7. The van der Waals surface area contributed by atoms with Crippen molar-refractivity contribution < 1.29 is 9.59 Å². The third-order valence-electron chi connectivity index (χ3n) is 4.48. The fraction of sp³-hybridized carbons (Fsp3) is 0.368. The van der Waals surface area contributed by atoms with Crippen LogP contribution in [-0.4, -0.2) is 42.9 Å². The summed E-state index contributed by atoms with van der Waals surface area (Å²) in [7, 11) is 0. The molecule has 132 valence electrons. The zero-order valence-electron chi connectivity index (χ0n) is 14.3. The van der Waals surface area contributed by atoms with Gasteiger partial charge in [-0.15, -0.1) is 11.3 Å². The largest absolute Gasteiger partial charge is 0.342 e. The number of hydrogen-bond acceptors (Lipinski definition) is 4. The second-order valence-electron chi connectivity index (χ2n) is 6.06. The predicted octanol–water partition coefficient (Wildman–Crippen LogP) is 2.21. The highest BCUT2D eigenvalue weighted by atomic mass is 32.1. The van der Waals surface area contributed by atoms with Crippen molar-refractivity contribution in [3.05, 3.63) is 57.8 Å². The second-order valence-corrected chi connectivity index (χ2v) is 7.01. The smallest absolute Gasteiger partial charge is 0.261 e. The minimum absolute atomic E-state index is 0.00537. The van der Waals surface area contributed by atoms with E-state index in [0.29, 0.717) is 11.4 Å². The Morgan fingerprint density at radius 3 is 2.76 bits per heavy atom. The van der Waals surface area contributed by atoms with E-state index >= 15 is 0 Å². The summed E-state index contributed by atoms with van der Waals surface area (Å²) in [6, 6.07) is 12.0. The first kappa shape index (κ1) is 17.6. The van der Waals surface area contributed by atoms with Gasteiger partial charge in [-0.05, 0) is 29.0 Å². The maximum atomic E-state index is 12.7. The van der Waals surface area contributed by atoms with E-state index in [1.54, 1.807) is 6.07 Å². The third kappa shape index (κ3) is 4.27. The lowest BCUT2D eigenvalue weighted by atomic mass is 10.0. The number of carbonyl (C=O) groups is 2. The molecule has 25 heavy (non-hydrogen) atoms. The highest BCUT2D eigenvalue weighted by Crippen LogP contribution is 2.23. The Morgan fingerprint density at radius 2 is 2.08 bits per heavy atom. The standard InChI is InChI=1S/C19H23N3O2S/c1-2-14-5-7-15(8-6-14)16-12-20-9-10-22(16)18(23)13-21-19(24)17-4-3-11-25-17/h3-8,11,16,20H,2,9-10,12-13H2,1H3,(H,21,24). The van der Waals surface area contributed by atoms with Crippen LogP contribution in [0.2, 0.25) is 0 Å². The normalized spacial score (nSPS) is 17.3. The zero-order chi connectivity index (χ0) is 17.6. The van der Waals surface area contributed by atoms with Gasteiger partial charge in [0.1, 0.15) is 0 Å². The SMILES string of the molecule is CCc1ccc(C2CNCCN2C(=O)CNC(=O)c2cccs2)cc1. The monoisotopic (exact) mass is 357 g/mol. The average molecular weight is 357 g/mol. The van der Waals surface area contributed by atoms with Crippen LogP contribution in [0.5, 0.6) is 0 Å².